The van der Waals surface area contributed by atoms with E-state index in [1.54, 1.807) is 4.90 Å². The van der Waals surface area contributed by atoms with Crippen molar-refractivity contribution in [3.8, 4) is 11.5 Å². The quantitative estimate of drug-likeness (QED) is 0.403. The van der Waals surface area contributed by atoms with Gasteiger partial charge in [-0.05, 0) is 54.7 Å². The van der Waals surface area contributed by atoms with Crippen LogP contribution in [0, 0.1) is 5.92 Å². The number of benzene rings is 2. The van der Waals surface area contributed by atoms with Crippen LogP contribution in [0.25, 0.3) is 0 Å². The molecule has 2 aromatic carbocycles. The molecule has 0 aromatic heterocycles. The standard InChI is InChI=1S/C31H40N4O6/c1-2-3-13-35(23-7-4-6-21(15-23)17-32)29(37)19-34-18-24(22-9-10-26-27(16-22)41-20-40-26)30(31(38)39)25(34)11-14-33-12-5-8-28(33)36/h4,6-7,9-10,15-16,24-25,30H,2-3,5,8,11-14,17-20,32H2,1H3,(H,38,39)/t24-,25+,30?/m1/s1. The highest BCUT2D eigenvalue weighted by Crippen LogP contribution is 2.43. The van der Waals surface area contributed by atoms with Crippen LogP contribution in [0.5, 0.6) is 11.5 Å². The van der Waals surface area contributed by atoms with Crippen molar-refractivity contribution in [2.24, 2.45) is 11.7 Å². The van der Waals surface area contributed by atoms with Crippen LogP contribution in [0.4, 0.5) is 5.69 Å². The molecule has 220 valence electrons. The molecule has 1 unspecified atom stereocenters. The number of hydrogen-bond acceptors (Lipinski definition) is 7. The number of carbonyl (C=O) groups is 3. The third-order valence-corrected chi connectivity index (χ3v) is 8.56. The fourth-order valence-electron chi connectivity index (χ4n) is 6.39. The predicted molar refractivity (Wildman–Crippen MR) is 154 cm³/mol. The number of carboxylic acids is 1. The fraction of sp³-hybridized carbons (Fsp3) is 0.516. The van der Waals surface area contributed by atoms with Gasteiger partial charge in [0, 0.05) is 56.8 Å². The Labute approximate surface area is 241 Å². The van der Waals surface area contributed by atoms with E-state index in [1.165, 1.54) is 0 Å². The van der Waals surface area contributed by atoms with Crippen molar-refractivity contribution in [2.75, 3.05) is 44.4 Å². The molecule has 41 heavy (non-hydrogen) atoms. The van der Waals surface area contributed by atoms with E-state index in [0.717, 1.165) is 36.1 Å². The highest BCUT2D eigenvalue weighted by atomic mass is 16.7. The molecule has 5 rings (SSSR count). The average molecular weight is 565 g/mol. The van der Waals surface area contributed by atoms with Gasteiger partial charge in [0.2, 0.25) is 18.6 Å². The number of anilines is 1. The number of nitrogens with zero attached hydrogens (tertiary/aromatic N) is 3. The second kappa shape index (κ2) is 12.9. The Balaban J connectivity index is 1.43. The molecule has 2 saturated heterocycles. The van der Waals surface area contributed by atoms with E-state index in [1.807, 2.05) is 52.3 Å². The summed E-state index contributed by atoms with van der Waals surface area (Å²) in [5, 5.41) is 10.5. The molecule has 3 atom stereocenters. The van der Waals surface area contributed by atoms with E-state index in [-0.39, 0.29) is 31.1 Å². The van der Waals surface area contributed by atoms with Gasteiger partial charge >= 0.3 is 5.97 Å². The number of hydrogen-bond donors (Lipinski definition) is 2. The van der Waals surface area contributed by atoms with Gasteiger partial charge in [0.25, 0.3) is 0 Å². The summed E-state index contributed by atoms with van der Waals surface area (Å²) in [5.74, 6) is -0.726. The van der Waals surface area contributed by atoms with Crippen molar-refractivity contribution >= 4 is 23.5 Å². The first-order chi connectivity index (χ1) is 19.9. The molecule has 10 nitrogen and oxygen atoms in total. The fourth-order valence-corrected chi connectivity index (χ4v) is 6.39. The molecule has 0 spiro atoms. The maximum atomic E-state index is 13.9. The summed E-state index contributed by atoms with van der Waals surface area (Å²) in [6.45, 7) is 4.83. The van der Waals surface area contributed by atoms with E-state index < -0.39 is 17.9 Å². The molecule has 0 bridgehead atoms. The second-order valence-corrected chi connectivity index (χ2v) is 11.1. The van der Waals surface area contributed by atoms with Gasteiger partial charge in [0.1, 0.15) is 0 Å². The summed E-state index contributed by atoms with van der Waals surface area (Å²) in [5.41, 5.74) is 8.46. The smallest absolute Gasteiger partial charge is 0.308 e. The van der Waals surface area contributed by atoms with Crippen molar-refractivity contribution in [1.82, 2.24) is 9.80 Å². The van der Waals surface area contributed by atoms with Gasteiger partial charge < -0.3 is 30.1 Å². The third-order valence-electron chi connectivity index (χ3n) is 8.56. The van der Waals surface area contributed by atoms with Gasteiger partial charge in [-0.2, -0.15) is 0 Å². The van der Waals surface area contributed by atoms with Crippen molar-refractivity contribution in [3.63, 3.8) is 0 Å². The van der Waals surface area contributed by atoms with Crippen LogP contribution in [-0.4, -0.2) is 78.2 Å². The first-order valence-electron chi connectivity index (χ1n) is 14.6. The first-order valence-corrected chi connectivity index (χ1v) is 14.6. The zero-order valence-electron chi connectivity index (χ0n) is 23.7. The Morgan fingerprint density at radius 3 is 2.71 bits per heavy atom. The summed E-state index contributed by atoms with van der Waals surface area (Å²) in [4.78, 5) is 44.7. The SMILES string of the molecule is CCCCN(C(=O)CN1C[C@H](c2ccc3c(c2)OCO3)C(C(=O)O)[C@@H]1CCN1CCCC1=O)c1cccc(CN)c1. The minimum absolute atomic E-state index is 0.0784. The van der Waals surface area contributed by atoms with Crippen LogP contribution < -0.4 is 20.1 Å². The summed E-state index contributed by atoms with van der Waals surface area (Å²) >= 11 is 0. The number of nitrogens with two attached hydrogens (primary N) is 1. The van der Waals surface area contributed by atoms with Crippen LogP contribution in [-0.2, 0) is 20.9 Å². The van der Waals surface area contributed by atoms with Gasteiger partial charge in [-0.1, -0.05) is 31.5 Å². The number of amides is 2. The molecule has 2 aromatic rings. The molecule has 3 aliphatic rings. The lowest BCUT2D eigenvalue weighted by Crippen LogP contribution is -2.45. The molecule has 0 aliphatic carbocycles. The van der Waals surface area contributed by atoms with Crippen molar-refractivity contribution in [3.05, 3.63) is 53.6 Å². The van der Waals surface area contributed by atoms with Crippen LogP contribution in [0.2, 0.25) is 0 Å². The van der Waals surface area contributed by atoms with Gasteiger partial charge in [-0.25, -0.2) is 0 Å². The minimum Gasteiger partial charge on any atom is -0.481 e. The van der Waals surface area contributed by atoms with Crippen LogP contribution in [0.3, 0.4) is 0 Å². The monoisotopic (exact) mass is 564 g/mol. The maximum absolute atomic E-state index is 13.9. The van der Waals surface area contributed by atoms with Crippen LogP contribution >= 0.6 is 0 Å². The van der Waals surface area contributed by atoms with E-state index in [2.05, 4.69) is 6.92 Å². The zero-order valence-corrected chi connectivity index (χ0v) is 23.7. The van der Waals surface area contributed by atoms with E-state index >= 15 is 0 Å². The molecule has 3 N–H and O–H groups in total. The molecule has 0 saturated carbocycles. The summed E-state index contributed by atoms with van der Waals surface area (Å²) in [6.07, 6.45) is 3.61. The molecule has 2 fully saturated rings. The summed E-state index contributed by atoms with van der Waals surface area (Å²) in [7, 11) is 0. The molecular formula is C31H40N4O6. The van der Waals surface area contributed by atoms with Gasteiger partial charge in [-0.3, -0.25) is 19.3 Å². The number of carbonyl (C=O) groups excluding carboxylic acids is 2. The lowest BCUT2D eigenvalue weighted by atomic mass is 9.84. The number of likely N-dealkylation sites (tertiary alicyclic amines) is 2. The third kappa shape index (κ3) is 6.33. The molecule has 10 heteroatoms. The lowest BCUT2D eigenvalue weighted by molar-refractivity contribution is -0.143. The highest BCUT2D eigenvalue weighted by molar-refractivity contribution is 5.95. The Morgan fingerprint density at radius 1 is 1.15 bits per heavy atom. The molecule has 0 radical (unpaired) electrons. The van der Waals surface area contributed by atoms with Crippen molar-refractivity contribution < 1.29 is 29.0 Å². The normalized spacial score (nSPS) is 22.0. The summed E-state index contributed by atoms with van der Waals surface area (Å²) in [6, 6.07) is 12.9. The number of rotatable bonds is 12. The topological polar surface area (TPSA) is 126 Å². The second-order valence-electron chi connectivity index (χ2n) is 11.1. The van der Waals surface area contributed by atoms with E-state index in [4.69, 9.17) is 15.2 Å². The molecule has 3 aliphatic heterocycles. The Kier molecular flexibility index (Phi) is 9.09. The van der Waals surface area contributed by atoms with E-state index in [9.17, 15) is 19.5 Å². The number of fused-ring (bicyclic) bond motifs is 1. The predicted octanol–water partition coefficient (Wildman–Crippen LogP) is 3.19. The highest BCUT2D eigenvalue weighted by Gasteiger charge is 2.47. The molecule has 2 amide bonds. The van der Waals surface area contributed by atoms with Crippen molar-refractivity contribution in [2.45, 2.75) is 57.5 Å². The van der Waals surface area contributed by atoms with Gasteiger partial charge in [0.15, 0.2) is 11.5 Å². The molecule has 3 heterocycles. The van der Waals surface area contributed by atoms with Crippen molar-refractivity contribution in [1.29, 1.82) is 0 Å². The number of unbranched alkanes of at least 4 members (excludes halogenated alkanes) is 1. The maximum Gasteiger partial charge on any atom is 0.308 e. The number of aliphatic carboxylic acids is 1. The first kappa shape index (κ1) is 28.9. The zero-order chi connectivity index (χ0) is 28.9. The van der Waals surface area contributed by atoms with Crippen LogP contribution in [0.15, 0.2) is 42.5 Å². The number of carboxylic acid groups (broad SMARTS) is 1. The Morgan fingerprint density at radius 2 is 1.98 bits per heavy atom. The Hall–Kier alpha value is -3.63. The minimum atomic E-state index is -0.904. The van der Waals surface area contributed by atoms with Gasteiger partial charge in [0.05, 0.1) is 12.5 Å². The average Bonchev–Trinajstić information content (AvgIpc) is 3.70. The van der Waals surface area contributed by atoms with Crippen LogP contribution in [0.1, 0.15) is 56.1 Å². The molecular weight excluding hydrogens is 524 g/mol. The Bertz CT molecular complexity index is 1270. The lowest BCUT2D eigenvalue weighted by Gasteiger charge is -2.31. The number of ether oxygens (including phenoxy) is 2. The summed E-state index contributed by atoms with van der Waals surface area (Å²) < 4.78 is 11.0. The largest absolute Gasteiger partial charge is 0.481 e. The van der Waals surface area contributed by atoms with E-state index in [0.29, 0.717) is 57.1 Å². The van der Waals surface area contributed by atoms with Gasteiger partial charge in [-0.15, -0.1) is 0 Å².